The molecule has 0 amide bonds. The molecule has 0 fully saturated rings. The highest BCUT2D eigenvalue weighted by molar-refractivity contribution is 7.79. The Morgan fingerprint density at radius 2 is 0.829 bits per heavy atom. The van der Waals surface area contributed by atoms with Gasteiger partial charge in [0.05, 0.1) is 10.0 Å². The van der Waals surface area contributed by atoms with Gasteiger partial charge in [0.2, 0.25) is 0 Å². The third kappa shape index (κ3) is 5.26. The van der Waals surface area contributed by atoms with E-state index >= 15 is 0 Å². The van der Waals surface area contributed by atoms with Crippen molar-refractivity contribution in [1.29, 1.82) is 0 Å². The second-order valence-electron chi connectivity index (χ2n) is 8.09. The molecule has 0 saturated heterocycles. The Labute approximate surface area is 217 Å². The second-order valence-corrected chi connectivity index (χ2v) is 11.1. The lowest BCUT2D eigenvalue weighted by Gasteiger charge is -2.18. The van der Waals surface area contributed by atoms with Crippen molar-refractivity contribution in [3.05, 3.63) is 150 Å². The van der Waals surface area contributed by atoms with Crippen LogP contribution in [0.3, 0.4) is 0 Å². The van der Waals surface area contributed by atoms with Gasteiger partial charge >= 0.3 is 0 Å². The summed E-state index contributed by atoms with van der Waals surface area (Å²) in [7, 11) is -0.446. The molecule has 0 bridgehead atoms. The van der Waals surface area contributed by atoms with Gasteiger partial charge in [-0.25, -0.2) is 0 Å². The quantitative estimate of drug-likeness (QED) is 0.165. The number of benzene rings is 6. The predicted molar refractivity (Wildman–Crippen MR) is 157 cm³/mol. The Balaban J connectivity index is 0.000000147. The monoisotopic (exact) mass is 508 g/mol. The van der Waals surface area contributed by atoms with Gasteiger partial charge in [0.25, 0.3) is 0 Å². The fraction of sp³-hybridized carbons (Fsp3) is 0. The van der Waals surface area contributed by atoms with E-state index in [4.69, 9.17) is 23.2 Å². The number of rotatable bonds is 3. The van der Waals surface area contributed by atoms with Gasteiger partial charge in [-0.2, -0.15) is 0 Å². The zero-order valence-corrected chi connectivity index (χ0v) is 21.4. The van der Waals surface area contributed by atoms with E-state index in [2.05, 4.69) is 109 Å². The van der Waals surface area contributed by atoms with Crippen LogP contribution in [-0.2, 0) is 0 Å². The van der Waals surface area contributed by atoms with E-state index in [-0.39, 0.29) is 0 Å². The van der Waals surface area contributed by atoms with E-state index in [1.165, 1.54) is 26.7 Å². The molecule has 0 radical (unpaired) electrons. The molecule has 0 nitrogen and oxygen atoms in total. The summed E-state index contributed by atoms with van der Waals surface area (Å²) in [6.07, 6.45) is 0. The maximum atomic E-state index is 6.19. The maximum Gasteiger partial charge on any atom is 0.0670 e. The third-order valence-electron chi connectivity index (χ3n) is 5.86. The molecule has 6 rings (SSSR count). The van der Waals surface area contributed by atoms with Crippen LogP contribution in [0.25, 0.3) is 21.5 Å². The zero-order valence-electron chi connectivity index (χ0n) is 19.0. The van der Waals surface area contributed by atoms with Crippen molar-refractivity contribution < 1.29 is 0 Å². The lowest BCUT2D eigenvalue weighted by molar-refractivity contribution is 1.74. The van der Waals surface area contributed by atoms with E-state index in [0.717, 1.165) is 10.8 Å². The molecule has 35 heavy (non-hydrogen) atoms. The zero-order chi connectivity index (χ0) is 24.0. The van der Waals surface area contributed by atoms with Crippen LogP contribution in [0.4, 0.5) is 0 Å². The number of hydrogen-bond donors (Lipinski definition) is 0. The summed E-state index contributed by atoms with van der Waals surface area (Å²) >= 11 is 12.2. The molecule has 0 atom stereocenters. The molecule has 0 N–H and O–H groups in total. The Kier molecular flexibility index (Phi) is 7.45. The Bertz CT molecular complexity index is 1460. The number of halogens is 2. The molecule has 0 aliphatic rings. The van der Waals surface area contributed by atoms with Crippen LogP contribution in [0.15, 0.2) is 140 Å². The SMILES string of the molecule is Clc1ccc2c(ccc3ccccc32)c1Cl.c1ccc(P(c2ccccc2)c2ccccc2)cc1. The maximum absolute atomic E-state index is 6.19. The summed E-state index contributed by atoms with van der Waals surface area (Å²) in [5.74, 6) is 0. The normalized spacial score (nSPS) is 10.8. The van der Waals surface area contributed by atoms with Gasteiger partial charge in [-0.05, 0) is 46.1 Å². The fourth-order valence-electron chi connectivity index (χ4n) is 4.20. The number of fused-ring (bicyclic) bond motifs is 3. The van der Waals surface area contributed by atoms with Gasteiger partial charge in [0.15, 0.2) is 0 Å². The van der Waals surface area contributed by atoms with Crippen molar-refractivity contribution in [2.75, 3.05) is 0 Å². The summed E-state index contributed by atoms with van der Waals surface area (Å²) in [6, 6.07) is 48.5. The van der Waals surface area contributed by atoms with Crippen LogP contribution in [0, 0.1) is 0 Å². The highest BCUT2D eigenvalue weighted by atomic mass is 35.5. The first kappa shape index (κ1) is 23.6. The molecule has 0 heterocycles. The van der Waals surface area contributed by atoms with Crippen LogP contribution in [0.2, 0.25) is 10.0 Å². The van der Waals surface area contributed by atoms with Gasteiger partial charge in [0.1, 0.15) is 0 Å². The van der Waals surface area contributed by atoms with E-state index < -0.39 is 7.92 Å². The molecule has 6 aromatic rings. The highest BCUT2D eigenvalue weighted by Gasteiger charge is 2.15. The van der Waals surface area contributed by atoms with Crippen molar-refractivity contribution in [2.45, 2.75) is 0 Å². The molecule has 0 saturated carbocycles. The third-order valence-corrected chi connectivity index (χ3v) is 9.12. The van der Waals surface area contributed by atoms with Crippen molar-refractivity contribution in [3.8, 4) is 0 Å². The van der Waals surface area contributed by atoms with E-state index in [1.54, 1.807) is 0 Å². The van der Waals surface area contributed by atoms with E-state index in [1.807, 2.05) is 30.3 Å². The molecule has 170 valence electrons. The van der Waals surface area contributed by atoms with Crippen LogP contribution < -0.4 is 15.9 Å². The molecular weight excluding hydrogens is 486 g/mol. The van der Waals surface area contributed by atoms with Crippen LogP contribution in [-0.4, -0.2) is 0 Å². The van der Waals surface area contributed by atoms with Crippen LogP contribution >= 0.6 is 31.1 Å². The van der Waals surface area contributed by atoms with Gasteiger partial charge in [0, 0.05) is 5.39 Å². The minimum atomic E-state index is -0.446. The van der Waals surface area contributed by atoms with Crippen molar-refractivity contribution in [1.82, 2.24) is 0 Å². The molecule has 0 aromatic heterocycles. The summed E-state index contributed by atoms with van der Waals surface area (Å²) in [5, 5.41) is 10.0. The smallest absolute Gasteiger partial charge is 0.0670 e. The second kappa shape index (κ2) is 11.1. The highest BCUT2D eigenvalue weighted by Crippen LogP contribution is 2.34. The van der Waals surface area contributed by atoms with Crippen LogP contribution in [0.1, 0.15) is 0 Å². The van der Waals surface area contributed by atoms with Gasteiger partial charge in [-0.3, -0.25) is 0 Å². The molecule has 0 aliphatic heterocycles. The first-order valence-electron chi connectivity index (χ1n) is 11.4. The summed E-state index contributed by atoms with van der Waals surface area (Å²) in [4.78, 5) is 0. The average molecular weight is 509 g/mol. The molecule has 0 aliphatic carbocycles. The lowest BCUT2D eigenvalue weighted by Crippen LogP contribution is -2.20. The molecule has 0 spiro atoms. The molecule has 3 heteroatoms. The molecular formula is C32H23Cl2P. The van der Waals surface area contributed by atoms with Gasteiger partial charge < -0.3 is 0 Å². The standard InChI is InChI=1S/C18H15P.C14H8Cl2/c1-4-10-16(11-5-1)19(17-12-6-2-7-13-17)18-14-8-3-9-15-18;15-13-8-7-11-10-4-2-1-3-9(10)5-6-12(11)14(13)16/h1-15H;1-8H. The van der Waals surface area contributed by atoms with E-state index in [9.17, 15) is 0 Å². The minimum Gasteiger partial charge on any atom is -0.0827 e. The average Bonchev–Trinajstić information content (AvgIpc) is 2.93. The Morgan fingerprint density at radius 1 is 0.371 bits per heavy atom. The van der Waals surface area contributed by atoms with Crippen molar-refractivity contribution in [3.63, 3.8) is 0 Å². The number of hydrogen-bond acceptors (Lipinski definition) is 0. The Hall–Kier alpha value is -3.15. The molecule has 6 aromatic carbocycles. The van der Waals surface area contributed by atoms with Crippen LogP contribution in [0.5, 0.6) is 0 Å². The van der Waals surface area contributed by atoms with E-state index in [0.29, 0.717) is 10.0 Å². The largest absolute Gasteiger partial charge is 0.0827 e. The first-order chi connectivity index (χ1) is 17.2. The minimum absolute atomic E-state index is 0.446. The van der Waals surface area contributed by atoms with Gasteiger partial charge in [-0.15, -0.1) is 0 Å². The summed E-state index contributed by atoms with van der Waals surface area (Å²) in [6.45, 7) is 0. The fourth-order valence-corrected chi connectivity index (χ4v) is 6.90. The lowest BCUT2D eigenvalue weighted by atomic mass is 10.0. The van der Waals surface area contributed by atoms with Crippen molar-refractivity contribution >= 4 is 68.6 Å². The summed E-state index contributed by atoms with van der Waals surface area (Å²) in [5.41, 5.74) is 0. The topological polar surface area (TPSA) is 0 Å². The first-order valence-corrected chi connectivity index (χ1v) is 13.5. The van der Waals surface area contributed by atoms with Crippen molar-refractivity contribution in [2.24, 2.45) is 0 Å². The van der Waals surface area contributed by atoms with Gasteiger partial charge in [-0.1, -0.05) is 157 Å². The predicted octanol–water partition coefficient (Wildman–Crippen LogP) is 8.74. The Morgan fingerprint density at radius 3 is 1.37 bits per heavy atom. The molecule has 0 unspecified atom stereocenters. The summed E-state index contributed by atoms with van der Waals surface area (Å²) < 4.78 is 0.